The monoisotopic (exact) mass is 371 g/mol. The van der Waals surface area contributed by atoms with Gasteiger partial charge in [-0.25, -0.2) is 0 Å². The molecule has 3 nitrogen and oxygen atoms in total. The first-order chi connectivity index (χ1) is 11.8. The number of alkyl halides is 3. The second kappa shape index (κ2) is 8.58. The molecule has 0 fully saturated rings. The van der Waals surface area contributed by atoms with Gasteiger partial charge in [-0.1, -0.05) is 42.5 Å². The van der Waals surface area contributed by atoms with Gasteiger partial charge in [0, 0.05) is 0 Å². The molecule has 2 atom stereocenters. The zero-order valence-electron chi connectivity index (χ0n) is 13.5. The molecule has 7 heteroatoms. The largest absolute Gasteiger partial charge is 0.480 e. The van der Waals surface area contributed by atoms with Crippen LogP contribution in [0.3, 0.4) is 0 Å². The van der Waals surface area contributed by atoms with Crippen LogP contribution in [0.4, 0.5) is 13.2 Å². The van der Waals surface area contributed by atoms with Crippen LogP contribution >= 0.6 is 11.8 Å². The van der Waals surface area contributed by atoms with Crippen molar-refractivity contribution in [2.45, 2.75) is 31.0 Å². The molecule has 2 aromatic carbocycles. The summed E-state index contributed by atoms with van der Waals surface area (Å²) >= 11 is 1.30. The Labute approximate surface area is 148 Å². The van der Waals surface area contributed by atoms with Crippen molar-refractivity contribution in [3.63, 3.8) is 0 Å². The van der Waals surface area contributed by atoms with Gasteiger partial charge in [-0.15, -0.1) is 0 Å². The zero-order valence-corrected chi connectivity index (χ0v) is 14.3. The summed E-state index contributed by atoms with van der Waals surface area (Å²) in [7, 11) is 0. The topological polar surface area (TPSA) is 63.3 Å². The highest BCUT2D eigenvalue weighted by atomic mass is 32.2. The second-order valence-corrected chi connectivity index (χ2v) is 7.02. The minimum absolute atomic E-state index is 0.0511. The van der Waals surface area contributed by atoms with Crippen LogP contribution in [0.2, 0.25) is 0 Å². The molecular formula is C18H20F3NO2S. The predicted octanol–water partition coefficient (Wildman–Crippen LogP) is 4.41. The summed E-state index contributed by atoms with van der Waals surface area (Å²) in [6.45, 7) is 0. The molecular weight excluding hydrogens is 351 g/mol. The Bertz CT molecular complexity index is 716. The average Bonchev–Trinajstić information content (AvgIpc) is 2.56. The van der Waals surface area contributed by atoms with Gasteiger partial charge in [0.2, 0.25) is 0 Å². The van der Waals surface area contributed by atoms with Crippen molar-refractivity contribution in [1.82, 2.24) is 0 Å². The summed E-state index contributed by atoms with van der Waals surface area (Å²) in [6, 6.07) is 11.1. The molecule has 0 aliphatic rings. The minimum atomic E-state index is -4.33. The number of hydrogen-bond donors (Lipinski definition) is 2. The fraction of sp³-hybridized carbons (Fsp3) is 0.389. The Hall–Kier alpha value is -1.73. The van der Waals surface area contributed by atoms with Gasteiger partial charge < -0.3 is 10.8 Å². The number of rotatable bonds is 8. The molecule has 0 saturated heterocycles. The third-order valence-corrected chi connectivity index (χ3v) is 5.08. The van der Waals surface area contributed by atoms with E-state index in [9.17, 15) is 18.0 Å². The van der Waals surface area contributed by atoms with E-state index in [-0.39, 0.29) is 18.4 Å². The first kappa shape index (κ1) is 19.6. The number of hydrogen-bond acceptors (Lipinski definition) is 3. The summed E-state index contributed by atoms with van der Waals surface area (Å²) in [6.07, 6.45) is -4.14. The smallest absolute Gasteiger partial charge is 0.395 e. The molecule has 0 spiro atoms. The van der Waals surface area contributed by atoms with E-state index >= 15 is 0 Å². The Morgan fingerprint density at radius 1 is 1.08 bits per heavy atom. The van der Waals surface area contributed by atoms with E-state index in [0.717, 1.165) is 5.39 Å². The number of carboxylic acid groups (broad SMARTS) is 1. The molecule has 2 aromatic rings. The highest BCUT2D eigenvalue weighted by Gasteiger charge is 2.40. The van der Waals surface area contributed by atoms with Gasteiger partial charge >= 0.3 is 12.1 Å². The Morgan fingerprint density at radius 3 is 2.40 bits per heavy atom. The second-order valence-electron chi connectivity index (χ2n) is 5.80. The predicted molar refractivity (Wildman–Crippen MR) is 94.9 cm³/mol. The molecule has 136 valence electrons. The molecule has 0 amide bonds. The maximum absolute atomic E-state index is 13.6. The maximum Gasteiger partial charge on any atom is 0.395 e. The van der Waals surface area contributed by atoms with Crippen LogP contribution in [0.15, 0.2) is 42.5 Å². The molecule has 25 heavy (non-hydrogen) atoms. The molecule has 0 saturated carbocycles. The lowest BCUT2D eigenvalue weighted by Crippen LogP contribution is -2.30. The maximum atomic E-state index is 13.6. The van der Waals surface area contributed by atoms with Crippen molar-refractivity contribution < 1.29 is 23.1 Å². The number of nitrogens with two attached hydrogens (primary N) is 1. The highest BCUT2D eigenvalue weighted by molar-refractivity contribution is 7.99. The zero-order chi connectivity index (χ0) is 18.4. The van der Waals surface area contributed by atoms with Crippen LogP contribution in [0.1, 0.15) is 24.3 Å². The van der Waals surface area contributed by atoms with E-state index in [1.165, 1.54) is 17.8 Å². The molecule has 0 heterocycles. The summed E-state index contributed by atoms with van der Waals surface area (Å²) < 4.78 is 40.7. The lowest BCUT2D eigenvalue weighted by atomic mass is 9.91. The van der Waals surface area contributed by atoms with Crippen molar-refractivity contribution in [3.8, 4) is 0 Å². The molecule has 0 bridgehead atoms. The number of aliphatic carboxylic acids is 1. The molecule has 0 aliphatic carbocycles. The standard InChI is InChI=1S/C18H20F3NO2S/c19-18(20,21)15(8-10-25-11-9-16(22)17(23)24)14-7-3-5-12-4-1-2-6-13(12)14/h1-7,15-16H,8-11,22H2,(H,23,24). The minimum Gasteiger partial charge on any atom is -0.480 e. The first-order valence-corrected chi connectivity index (χ1v) is 9.06. The third-order valence-electron chi connectivity index (χ3n) is 4.04. The number of carbonyl (C=O) groups is 1. The number of benzene rings is 2. The first-order valence-electron chi connectivity index (χ1n) is 7.91. The van der Waals surface area contributed by atoms with Gasteiger partial charge in [0.15, 0.2) is 0 Å². The number of thioether (sulfide) groups is 1. The van der Waals surface area contributed by atoms with Crippen molar-refractivity contribution in [3.05, 3.63) is 48.0 Å². The van der Waals surface area contributed by atoms with E-state index in [1.807, 2.05) is 0 Å². The highest BCUT2D eigenvalue weighted by Crippen LogP contribution is 2.40. The van der Waals surface area contributed by atoms with E-state index in [1.54, 1.807) is 36.4 Å². The fourth-order valence-corrected chi connectivity index (χ4v) is 3.71. The lowest BCUT2D eigenvalue weighted by molar-refractivity contribution is -0.150. The van der Waals surface area contributed by atoms with Crippen LogP contribution in [0.5, 0.6) is 0 Å². The SMILES string of the molecule is NC(CCSCCC(c1cccc2ccccc12)C(F)(F)F)C(=O)O. The van der Waals surface area contributed by atoms with Gasteiger partial charge in [-0.3, -0.25) is 4.79 Å². The Balaban J connectivity index is 2.06. The van der Waals surface area contributed by atoms with Gasteiger partial charge in [0.1, 0.15) is 6.04 Å². The van der Waals surface area contributed by atoms with E-state index in [2.05, 4.69) is 0 Å². The van der Waals surface area contributed by atoms with E-state index in [0.29, 0.717) is 16.9 Å². The number of fused-ring (bicyclic) bond motifs is 1. The summed E-state index contributed by atoms with van der Waals surface area (Å²) in [4.78, 5) is 10.6. The van der Waals surface area contributed by atoms with Crippen LogP contribution < -0.4 is 5.73 Å². The van der Waals surface area contributed by atoms with Crippen LogP contribution in [-0.2, 0) is 4.79 Å². The molecule has 0 radical (unpaired) electrons. The molecule has 0 aromatic heterocycles. The van der Waals surface area contributed by atoms with Crippen LogP contribution in [0, 0.1) is 0 Å². The van der Waals surface area contributed by atoms with Gasteiger partial charge in [0.05, 0.1) is 5.92 Å². The number of halogens is 3. The summed E-state index contributed by atoms with van der Waals surface area (Å²) in [5, 5.41) is 10.1. The van der Waals surface area contributed by atoms with Crippen molar-refractivity contribution in [2.75, 3.05) is 11.5 Å². The summed E-state index contributed by atoms with van der Waals surface area (Å²) in [5.74, 6) is -1.92. The lowest BCUT2D eigenvalue weighted by Gasteiger charge is -2.22. The molecule has 2 rings (SSSR count). The van der Waals surface area contributed by atoms with Gasteiger partial charge in [0.25, 0.3) is 0 Å². The van der Waals surface area contributed by atoms with E-state index in [4.69, 9.17) is 10.8 Å². The number of carboxylic acids is 1. The fourth-order valence-electron chi connectivity index (χ4n) is 2.69. The molecule has 3 N–H and O–H groups in total. The average molecular weight is 371 g/mol. The quantitative estimate of drug-likeness (QED) is 0.675. The summed E-state index contributed by atoms with van der Waals surface area (Å²) in [5.41, 5.74) is 5.67. The van der Waals surface area contributed by atoms with Gasteiger partial charge in [-0.2, -0.15) is 24.9 Å². The van der Waals surface area contributed by atoms with Crippen LogP contribution in [-0.4, -0.2) is 34.8 Å². The van der Waals surface area contributed by atoms with Crippen LogP contribution in [0.25, 0.3) is 10.8 Å². The van der Waals surface area contributed by atoms with Crippen molar-refractivity contribution in [2.24, 2.45) is 5.73 Å². The molecule has 0 aliphatic heterocycles. The van der Waals surface area contributed by atoms with Crippen molar-refractivity contribution >= 4 is 28.5 Å². The van der Waals surface area contributed by atoms with Gasteiger partial charge in [-0.05, 0) is 40.7 Å². The molecule has 2 unspecified atom stereocenters. The van der Waals surface area contributed by atoms with E-state index < -0.39 is 24.1 Å². The van der Waals surface area contributed by atoms with Crippen molar-refractivity contribution in [1.29, 1.82) is 0 Å². The Kier molecular flexibility index (Phi) is 6.72. The normalized spacial score (nSPS) is 14.4. The Morgan fingerprint density at radius 2 is 1.72 bits per heavy atom. The third kappa shape index (κ3) is 5.37.